The average molecular weight is 390 g/mol. The van der Waals surface area contributed by atoms with E-state index in [1.54, 1.807) is 11.9 Å². The van der Waals surface area contributed by atoms with Gasteiger partial charge in [-0.3, -0.25) is 4.79 Å². The van der Waals surface area contributed by atoms with Crippen molar-refractivity contribution >= 4 is 29.3 Å². The number of nitrogens with zero attached hydrogens (tertiary/aromatic N) is 1. The molecule has 1 aliphatic carbocycles. The maximum absolute atomic E-state index is 12.6. The fraction of sp³-hybridized carbons (Fsp3) is 0.381. The number of aliphatic hydroxyl groups excluding tert-OH is 1. The first-order valence-electron chi connectivity index (χ1n) is 8.89. The van der Waals surface area contributed by atoms with Gasteiger partial charge in [-0.15, -0.1) is 11.8 Å². The van der Waals surface area contributed by atoms with Crippen molar-refractivity contribution in [3.05, 3.63) is 64.7 Å². The topological polar surface area (TPSA) is 40.5 Å². The highest BCUT2D eigenvalue weighted by atomic mass is 35.5. The van der Waals surface area contributed by atoms with Crippen LogP contribution >= 0.6 is 23.4 Å². The fourth-order valence-electron chi connectivity index (χ4n) is 2.78. The third-order valence-electron chi connectivity index (χ3n) is 4.77. The predicted molar refractivity (Wildman–Crippen MR) is 108 cm³/mol. The van der Waals surface area contributed by atoms with Crippen LogP contribution in [-0.2, 0) is 11.2 Å². The molecule has 138 valence electrons. The summed E-state index contributed by atoms with van der Waals surface area (Å²) in [4.78, 5) is 15.3. The third-order valence-corrected chi connectivity index (χ3v) is 6.61. The first-order chi connectivity index (χ1) is 12.5. The van der Waals surface area contributed by atoms with Crippen LogP contribution in [0.15, 0.2) is 53.4 Å². The first-order valence-corrected chi connectivity index (χ1v) is 10.1. The Bertz CT molecular complexity index is 764. The Hall–Kier alpha value is -1.49. The summed E-state index contributed by atoms with van der Waals surface area (Å²) in [6.45, 7) is 1.86. The van der Waals surface area contributed by atoms with Gasteiger partial charge in [-0.2, -0.15) is 0 Å². The van der Waals surface area contributed by atoms with E-state index in [9.17, 15) is 9.90 Å². The minimum absolute atomic E-state index is 0.0360. The molecule has 26 heavy (non-hydrogen) atoms. The van der Waals surface area contributed by atoms with E-state index in [2.05, 4.69) is 0 Å². The standard InChI is InChI=1S/C21H24ClNO2S/c1-14(21(25)16-6-4-3-5-7-16)23(2)20(24)13-15-8-11-19(18(22)12-15)26-17-9-10-17/h3-8,11-12,14,17,21,25H,9-10,13H2,1-2H3/t14-,21+/m1/s1. The van der Waals surface area contributed by atoms with Gasteiger partial charge in [-0.25, -0.2) is 0 Å². The number of halogens is 1. The molecule has 0 bridgehead atoms. The van der Waals surface area contributed by atoms with E-state index in [4.69, 9.17) is 11.6 Å². The van der Waals surface area contributed by atoms with E-state index in [0.717, 1.165) is 16.0 Å². The number of carbonyl (C=O) groups excluding carboxylic acids is 1. The van der Waals surface area contributed by atoms with Crippen LogP contribution < -0.4 is 0 Å². The van der Waals surface area contributed by atoms with E-state index in [-0.39, 0.29) is 18.4 Å². The van der Waals surface area contributed by atoms with Crippen molar-refractivity contribution in [3.8, 4) is 0 Å². The highest BCUT2D eigenvalue weighted by molar-refractivity contribution is 8.00. The van der Waals surface area contributed by atoms with Gasteiger partial charge in [0.05, 0.1) is 23.6 Å². The molecule has 0 aromatic heterocycles. The van der Waals surface area contributed by atoms with Gasteiger partial charge in [-0.1, -0.05) is 48.0 Å². The molecule has 0 saturated heterocycles. The lowest BCUT2D eigenvalue weighted by Gasteiger charge is -2.29. The number of benzene rings is 2. The van der Waals surface area contributed by atoms with E-state index >= 15 is 0 Å². The van der Waals surface area contributed by atoms with Crippen molar-refractivity contribution < 1.29 is 9.90 Å². The highest BCUT2D eigenvalue weighted by Gasteiger charge is 2.25. The molecule has 0 heterocycles. The molecule has 1 fully saturated rings. The van der Waals surface area contributed by atoms with E-state index in [1.807, 2.05) is 67.2 Å². The van der Waals surface area contributed by atoms with Gasteiger partial charge < -0.3 is 10.0 Å². The van der Waals surface area contributed by atoms with Gasteiger partial charge in [0.2, 0.25) is 5.91 Å². The second kappa shape index (κ2) is 8.47. The molecule has 0 aliphatic heterocycles. The largest absolute Gasteiger partial charge is 0.386 e. The highest BCUT2D eigenvalue weighted by Crippen LogP contribution is 2.42. The number of carbonyl (C=O) groups is 1. The Morgan fingerprint density at radius 3 is 2.58 bits per heavy atom. The fourth-order valence-corrected chi connectivity index (χ4v) is 4.17. The van der Waals surface area contributed by atoms with E-state index < -0.39 is 6.10 Å². The van der Waals surface area contributed by atoms with Gasteiger partial charge >= 0.3 is 0 Å². The summed E-state index contributed by atoms with van der Waals surface area (Å²) < 4.78 is 0. The molecule has 3 rings (SSSR count). The SMILES string of the molecule is C[C@H]([C@H](O)c1ccccc1)N(C)C(=O)Cc1ccc(SC2CC2)c(Cl)c1. The number of amides is 1. The minimum atomic E-state index is -0.717. The van der Waals surface area contributed by atoms with Crippen LogP contribution in [0.1, 0.15) is 37.0 Å². The monoisotopic (exact) mass is 389 g/mol. The summed E-state index contributed by atoms with van der Waals surface area (Å²) in [5, 5.41) is 11.9. The third kappa shape index (κ3) is 4.81. The molecule has 2 atom stereocenters. The lowest BCUT2D eigenvalue weighted by atomic mass is 10.0. The summed E-state index contributed by atoms with van der Waals surface area (Å²) >= 11 is 8.19. The molecule has 1 saturated carbocycles. The number of hydrogen-bond acceptors (Lipinski definition) is 3. The summed E-state index contributed by atoms with van der Waals surface area (Å²) in [6.07, 6.45) is 2.07. The van der Waals surface area contributed by atoms with Gasteiger partial charge in [0.1, 0.15) is 0 Å². The van der Waals surface area contributed by atoms with Crippen molar-refractivity contribution in [2.45, 2.75) is 48.5 Å². The summed E-state index contributed by atoms with van der Waals surface area (Å²) in [6, 6.07) is 15.0. The molecule has 2 aromatic carbocycles. The van der Waals surface area contributed by atoms with Crippen molar-refractivity contribution in [3.63, 3.8) is 0 Å². The Kier molecular flexibility index (Phi) is 6.28. The van der Waals surface area contributed by atoms with Crippen LogP contribution in [0, 0.1) is 0 Å². The zero-order valence-electron chi connectivity index (χ0n) is 15.1. The maximum Gasteiger partial charge on any atom is 0.227 e. The number of rotatable bonds is 7. The van der Waals surface area contributed by atoms with Crippen LogP contribution in [0.25, 0.3) is 0 Å². The van der Waals surface area contributed by atoms with Crippen molar-refractivity contribution in [2.24, 2.45) is 0 Å². The van der Waals surface area contributed by atoms with Crippen LogP contribution in [-0.4, -0.2) is 34.3 Å². The Labute approximate surface area is 164 Å². The second-order valence-electron chi connectivity index (χ2n) is 6.86. The maximum atomic E-state index is 12.6. The Morgan fingerprint density at radius 2 is 1.96 bits per heavy atom. The van der Waals surface area contributed by atoms with Crippen LogP contribution in [0.4, 0.5) is 0 Å². The van der Waals surface area contributed by atoms with Gasteiger partial charge in [0.25, 0.3) is 0 Å². The van der Waals surface area contributed by atoms with Crippen LogP contribution in [0.5, 0.6) is 0 Å². The number of likely N-dealkylation sites (N-methyl/N-ethyl adjacent to an activating group) is 1. The first kappa shape index (κ1) is 19.3. The number of hydrogen-bond donors (Lipinski definition) is 1. The molecule has 0 spiro atoms. The smallest absolute Gasteiger partial charge is 0.227 e. The molecule has 0 radical (unpaired) electrons. The Balaban J connectivity index is 1.62. The molecular weight excluding hydrogens is 366 g/mol. The summed E-state index contributed by atoms with van der Waals surface area (Å²) in [7, 11) is 1.73. The quantitative estimate of drug-likeness (QED) is 0.745. The van der Waals surface area contributed by atoms with Crippen molar-refractivity contribution in [2.75, 3.05) is 7.05 Å². The summed E-state index contributed by atoms with van der Waals surface area (Å²) in [5.41, 5.74) is 1.71. The molecule has 5 heteroatoms. The van der Waals surface area contributed by atoms with Crippen molar-refractivity contribution in [1.29, 1.82) is 0 Å². The van der Waals surface area contributed by atoms with Crippen LogP contribution in [0.2, 0.25) is 5.02 Å². The molecule has 1 N–H and O–H groups in total. The molecule has 1 amide bonds. The zero-order valence-corrected chi connectivity index (χ0v) is 16.6. The lowest BCUT2D eigenvalue weighted by Crippen LogP contribution is -2.39. The minimum Gasteiger partial charge on any atom is -0.386 e. The predicted octanol–water partition coefficient (Wildman–Crippen LogP) is 4.72. The lowest BCUT2D eigenvalue weighted by molar-refractivity contribution is -0.133. The van der Waals surface area contributed by atoms with Gasteiger partial charge in [0, 0.05) is 17.2 Å². The van der Waals surface area contributed by atoms with Gasteiger partial charge in [0.15, 0.2) is 0 Å². The number of aliphatic hydroxyl groups is 1. The molecular formula is C21H24ClNO2S. The molecule has 0 unspecified atom stereocenters. The van der Waals surface area contributed by atoms with E-state index in [1.165, 1.54) is 12.8 Å². The van der Waals surface area contributed by atoms with E-state index in [0.29, 0.717) is 10.3 Å². The average Bonchev–Trinajstić information content (AvgIpc) is 3.47. The van der Waals surface area contributed by atoms with Crippen LogP contribution in [0.3, 0.4) is 0 Å². The zero-order chi connectivity index (χ0) is 18.7. The second-order valence-corrected chi connectivity index (χ2v) is 8.61. The number of thioether (sulfide) groups is 1. The summed E-state index contributed by atoms with van der Waals surface area (Å²) in [5.74, 6) is -0.0360. The van der Waals surface area contributed by atoms with Crippen molar-refractivity contribution in [1.82, 2.24) is 4.90 Å². The Morgan fingerprint density at radius 1 is 1.27 bits per heavy atom. The molecule has 3 nitrogen and oxygen atoms in total. The normalized spacial score (nSPS) is 16.2. The molecule has 2 aromatic rings. The van der Waals surface area contributed by atoms with Gasteiger partial charge in [-0.05, 0) is 43.0 Å². The molecule has 1 aliphatic rings.